The Morgan fingerprint density at radius 3 is 2.56 bits per heavy atom. The number of aliphatic carboxylic acids is 1. The van der Waals surface area contributed by atoms with Crippen molar-refractivity contribution < 1.29 is 14.7 Å². The Hall–Kier alpha value is -3.49. The number of carboxylic acid groups (broad SMARTS) is 1. The van der Waals surface area contributed by atoms with E-state index in [4.69, 9.17) is 5.11 Å². The predicted molar refractivity (Wildman–Crippen MR) is 129 cm³/mol. The normalized spacial score (nSPS) is 10.6. The number of thiazole rings is 1. The number of aromatic nitrogens is 1. The summed E-state index contributed by atoms with van der Waals surface area (Å²) in [5.74, 6) is -1.20. The van der Waals surface area contributed by atoms with E-state index in [1.165, 1.54) is 33.8 Å². The Kier molecular flexibility index (Phi) is 6.94. The molecule has 4 rings (SSSR count). The summed E-state index contributed by atoms with van der Waals surface area (Å²) in [6.07, 6.45) is 0.687. The number of nitrogens with one attached hydrogen (secondary N) is 2. The third kappa shape index (κ3) is 5.81. The lowest BCUT2D eigenvalue weighted by Crippen LogP contribution is -2.10. The first-order valence-corrected chi connectivity index (χ1v) is 11.7. The summed E-state index contributed by atoms with van der Waals surface area (Å²) in [4.78, 5) is 29.0. The van der Waals surface area contributed by atoms with Crippen molar-refractivity contribution in [1.82, 2.24) is 4.98 Å². The van der Waals surface area contributed by atoms with Crippen LogP contribution in [0.1, 0.15) is 31.4 Å². The van der Waals surface area contributed by atoms with Crippen molar-refractivity contribution in [3.63, 3.8) is 0 Å². The Morgan fingerprint density at radius 2 is 1.75 bits per heavy atom. The zero-order valence-electron chi connectivity index (χ0n) is 17.1. The van der Waals surface area contributed by atoms with Crippen LogP contribution in [0.2, 0.25) is 0 Å². The van der Waals surface area contributed by atoms with Gasteiger partial charge in [-0.1, -0.05) is 48.5 Å². The number of hydrogen-bond acceptors (Lipinski definition) is 6. The summed E-state index contributed by atoms with van der Waals surface area (Å²) < 4.78 is 0. The second kappa shape index (κ2) is 10.2. The molecule has 32 heavy (non-hydrogen) atoms. The van der Waals surface area contributed by atoms with Crippen LogP contribution in [-0.4, -0.2) is 22.0 Å². The number of anilines is 2. The van der Waals surface area contributed by atoms with Crippen LogP contribution >= 0.6 is 22.7 Å². The summed E-state index contributed by atoms with van der Waals surface area (Å²) in [5, 5.41) is 17.1. The van der Waals surface area contributed by atoms with Gasteiger partial charge in [0.15, 0.2) is 5.13 Å². The van der Waals surface area contributed by atoms with Crippen LogP contribution in [0.5, 0.6) is 0 Å². The Morgan fingerprint density at radius 1 is 0.969 bits per heavy atom. The predicted octanol–water partition coefficient (Wildman–Crippen LogP) is 5.29. The van der Waals surface area contributed by atoms with Gasteiger partial charge in [-0.3, -0.25) is 14.9 Å². The smallest absolute Gasteiger partial charge is 0.309 e. The summed E-state index contributed by atoms with van der Waals surface area (Å²) in [7, 11) is 0. The number of nitrogens with zero attached hydrogens (tertiary/aromatic N) is 1. The fraction of sp³-hybridized carbons (Fsp3) is 0.125. The third-order valence-electron chi connectivity index (χ3n) is 4.70. The van der Waals surface area contributed by atoms with Gasteiger partial charge in [0, 0.05) is 22.5 Å². The maximum atomic E-state index is 12.5. The number of amides is 1. The van der Waals surface area contributed by atoms with Crippen molar-refractivity contribution in [1.29, 1.82) is 0 Å². The molecule has 0 unspecified atom stereocenters. The SMILES string of the molecule is O=C(O)Cc1csc(NC(=O)c2ccc(CNc3ccccc3Cc3ccccc3)s2)n1. The Labute approximate surface area is 193 Å². The minimum Gasteiger partial charge on any atom is -0.481 e. The van der Waals surface area contributed by atoms with E-state index in [-0.39, 0.29) is 12.3 Å². The molecule has 0 saturated heterocycles. The number of benzene rings is 2. The summed E-state index contributed by atoms with van der Waals surface area (Å²) in [6, 6.07) is 22.3. The van der Waals surface area contributed by atoms with Crippen molar-refractivity contribution in [2.45, 2.75) is 19.4 Å². The lowest BCUT2D eigenvalue weighted by atomic mass is 10.0. The van der Waals surface area contributed by atoms with Gasteiger partial charge in [0.05, 0.1) is 17.0 Å². The highest BCUT2D eigenvalue weighted by molar-refractivity contribution is 7.15. The van der Waals surface area contributed by atoms with Crippen LogP contribution in [0.25, 0.3) is 0 Å². The van der Waals surface area contributed by atoms with Gasteiger partial charge in [0.1, 0.15) is 0 Å². The van der Waals surface area contributed by atoms with Crippen LogP contribution < -0.4 is 10.6 Å². The van der Waals surface area contributed by atoms with Gasteiger partial charge in [-0.25, -0.2) is 4.98 Å². The molecule has 0 aliphatic rings. The van der Waals surface area contributed by atoms with Crippen LogP contribution in [-0.2, 0) is 24.2 Å². The lowest BCUT2D eigenvalue weighted by Gasteiger charge is -2.11. The summed E-state index contributed by atoms with van der Waals surface area (Å²) in [6.45, 7) is 0.615. The molecule has 0 aliphatic heterocycles. The minimum absolute atomic E-state index is 0.160. The van der Waals surface area contributed by atoms with Gasteiger partial charge in [-0.15, -0.1) is 22.7 Å². The van der Waals surface area contributed by atoms with E-state index in [9.17, 15) is 9.59 Å². The third-order valence-corrected chi connectivity index (χ3v) is 6.59. The highest BCUT2D eigenvalue weighted by Gasteiger charge is 2.13. The standard InChI is InChI=1S/C24H21N3O3S2/c28-22(29)13-18-15-31-24(26-18)27-23(30)21-11-10-19(32-21)14-25-20-9-5-4-8-17(20)12-16-6-2-1-3-7-16/h1-11,15,25H,12-14H2,(H,28,29)(H,26,27,30). The first kappa shape index (κ1) is 21.7. The van der Waals surface area contributed by atoms with Gasteiger partial charge in [-0.05, 0) is 35.7 Å². The number of carbonyl (C=O) groups is 2. The first-order valence-electron chi connectivity index (χ1n) is 9.99. The number of hydrogen-bond donors (Lipinski definition) is 3. The van der Waals surface area contributed by atoms with E-state index < -0.39 is 5.97 Å². The molecule has 4 aromatic rings. The molecular formula is C24H21N3O3S2. The summed E-state index contributed by atoms with van der Waals surface area (Å²) in [5.41, 5.74) is 3.98. The van der Waals surface area contributed by atoms with Crippen molar-refractivity contribution in [3.05, 3.63) is 98.7 Å². The number of rotatable bonds is 9. The zero-order valence-corrected chi connectivity index (χ0v) is 18.7. The maximum absolute atomic E-state index is 12.5. The van der Waals surface area contributed by atoms with E-state index in [1.807, 2.05) is 36.4 Å². The van der Waals surface area contributed by atoms with E-state index in [2.05, 4.69) is 39.9 Å². The average molecular weight is 464 g/mol. The second-order valence-electron chi connectivity index (χ2n) is 7.11. The molecule has 0 spiro atoms. The van der Waals surface area contributed by atoms with Gasteiger partial charge in [0.2, 0.25) is 0 Å². The molecule has 1 amide bonds. The molecule has 0 radical (unpaired) electrons. The molecule has 0 bridgehead atoms. The van der Waals surface area contributed by atoms with Crippen LogP contribution in [0.15, 0.2) is 72.1 Å². The molecule has 2 aromatic carbocycles. The van der Waals surface area contributed by atoms with Crippen molar-refractivity contribution in [2.24, 2.45) is 0 Å². The van der Waals surface area contributed by atoms with Gasteiger partial charge >= 0.3 is 5.97 Å². The molecule has 0 aliphatic carbocycles. The highest BCUT2D eigenvalue weighted by Crippen LogP contribution is 2.24. The Bertz CT molecular complexity index is 1220. The number of para-hydroxylation sites is 1. The molecule has 3 N–H and O–H groups in total. The first-order chi connectivity index (χ1) is 15.6. The molecule has 2 heterocycles. The van der Waals surface area contributed by atoms with Crippen LogP contribution in [0.4, 0.5) is 10.8 Å². The minimum atomic E-state index is -0.950. The zero-order chi connectivity index (χ0) is 22.3. The van der Waals surface area contributed by atoms with Gasteiger partial charge in [-0.2, -0.15) is 0 Å². The average Bonchev–Trinajstić information content (AvgIpc) is 3.43. The van der Waals surface area contributed by atoms with Crippen LogP contribution in [0.3, 0.4) is 0 Å². The lowest BCUT2D eigenvalue weighted by molar-refractivity contribution is -0.136. The maximum Gasteiger partial charge on any atom is 0.309 e. The van der Waals surface area contributed by atoms with E-state index in [0.717, 1.165) is 17.0 Å². The van der Waals surface area contributed by atoms with E-state index in [0.29, 0.717) is 22.2 Å². The molecule has 162 valence electrons. The van der Waals surface area contributed by atoms with E-state index >= 15 is 0 Å². The quantitative estimate of drug-likeness (QED) is 0.314. The molecular weight excluding hydrogens is 442 g/mol. The molecule has 0 fully saturated rings. The monoisotopic (exact) mass is 463 g/mol. The number of carbonyl (C=O) groups excluding carboxylic acids is 1. The molecule has 6 nitrogen and oxygen atoms in total. The highest BCUT2D eigenvalue weighted by atomic mass is 32.1. The number of carboxylic acids is 1. The second-order valence-corrected chi connectivity index (χ2v) is 9.13. The van der Waals surface area contributed by atoms with Crippen molar-refractivity contribution in [2.75, 3.05) is 10.6 Å². The van der Waals surface area contributed by atoms with Gasteiger partial charge in [0.25, 0.3) is 5.91 Å². The molecule has 0 saturated carbocycles. The van der Waals surface area contributed by atoms with Crippen molar-refractivity contribution in [3.8, 4) is 0 Å². The summed E-state index contributed by atoms with van der Waals surface area (Å²) >= 11 is 2.63. The van der Waals surface area contributed by atoms with Crippen molar-refractivity contribution >= 4 is 45.4 Å². The molecule has 8 heteroatoms. The molecule has 0 atom stereocenters. The Balaban J connectivity index is 1.36. The fourth-order valence-electron chi connectivity index (χ4n) is 3.20. The fourth-order valence-corrected chi connectivity index (χ4v) is 4.75. The van der Waals surface area contributed by atoms with Crippen LogP contribution in [0, 0.1) is 0 Å². The number of thiophene rings is 1. The van der Waals surface area contributed by atoms with Gasteiger partial charge < -0.3 is 10.4 Å². The topological polar surface area (TPSA) is 91.3 Å². The van der Waals surface area contributed by atoms with E-state index in [1.54, 1.807) is 11.4 Å². The molecule has 2 aromatic heterocycles. The largest absolute Gasteiger partial charge is 0.481 e.